The van der Waals surface area contributed by atoms with E-state index in [0.717, 1.165) is 18.4 Å². The van der Waals surface area contributed by atoms with Crippen LogP contribution in [0.3, 0.4) is 0 Å². The summed E-state index contributed by atoms with van der Waals surface area (Å²) in [6.45, 7) is 0. The molecule has 0 unspecified atom stereocenters. The Hall–Kier alpha value is -0.900. The number of hydrogen-bond donors (Lipinski definition) is 0. The van der Waals surface area contributed by atoms with Crippen LogP contribution in [0.25, 0.3) is 0 Å². The molecule has 2 rings (SSSR count). The molecule has 1 saturated heterocycles. The molecule has 0 amide bonds. The van der Waals surface area contributed by atoms with Gasteiger partial charge in [-0.1, -0.05) is 28.1 Å². The Kier molecular flexibility index (Phi) is 3.28. The van der Waals surface area contributed by atoms with Crippen molar-refractivity contribution in [3.63, 3.8) is 0 Å². The van der Waals surface area contributed by atoms with Gasteiger partial charge in [-0.2, -0.15) is 0 Å². The molecule has 4 heteroatoms. The SMILES string of the molecule is O=C1CCC[C@@](CBr)(c2ccc(F)cc2)O1. The molecular formula is C12H12BrFO2. The number of halogens is 2. The number of carbonyl (C=O) groups excluding carboxylic acids is 1. The molecule has 1 aromatic carbocycles. The largest absolute Gasteiger partial charge is 0.453 e. The molecule has 0 bridgehead atoms. The van der Waals surface area contributed by atoms with Gasteiger partial charge in [0, 0.05) is 11.8 Å². The zero-order valence-corrected chi connectivity index (χ0v) is 10.3. The Bertz CT molecular complexity index is 391. The number of alkyl halides is 1. The van der Waals surface area contributed by atoms with Crippen LogP contribution in [-0.2, 0) is 15.1 Å². The molecule has 1 aliphatic heterocycles. The average Bonchev–Trinajstić information content (AvgIpc) is 2.29. The maximum atomic E-state index is 12.8. The Morgan fingerprint density at radius 2 is 2.06 bits per heavy atom. The third-order valence-electron chi connectivity index (χ3n) is 2.86. The lowest BCUT2D eigenvalue weighted by molar-refractivity contribution is -0.165. The fourth-order valence-corrected chi connectivity index (χ4v) is 2.68. The lowest BCUT2D eigenvalue weighted by atomic mass is 9.88. The third-order valence-corrected chi connectivity index (χ3v) is 3.76. The molecule has 0 saturated carbocycles. The minimum Gasteiger partial charge on any atom is -0.453 e. The van der Waals surface area contributed by atoms with Gasteiger partial charge >= 0.3 is 5.97 Å². The molecule has 0 radical (unpaired) electrons. The van der Waals surface area contributed by atoms with E-state index in [0.29, 0.717) is 11.8 Å². The van der Waals surface area contributed by atoms with E-state index in [-0.39, 0.29) is 11.8 Å². The summed E-state index contributed by atoms with van der Waals surface area (Å²) in [4.78, 5) is 11.4. The Labute approximate surface area is 102 Å². The van der Waals surface area contributed by atoms with Crippen molar-refractivity contribution in [2.45, 2.75) is 24.9 Å². The first-order valence-corrected chi connectivity index (χ1v) is 6.32. The van der Waals surface area contributed by atoms with E-state index in [2.05, 4.69) is 15.9 Å². The van der Waals surface area contributed by atoms with Crippen molar-refractivity contribution in [1.82, 2.24) is 0 Å². The summed E-state index contributed by atoms with van der Waals surface area (Å²) in [5.74, 6) is -0.467. The van der Waals surface area contributed by atoms with Crippen LogP contribution in [0.1, 0.15) is 24.8 Å². The molecule has 86 valence electrons. The van der Waals surface area contributed by atoms with Gasteiger partial charge in [0.05, 0.1) is 0 Å². The fraction of sp³-hybridized carbons (Fsp3) is 0.417. The molecule has 16 heavy (non-hydrogen) atoms. The number of cyclic esters (lactones) is 1. The summed E-state index contributed by atoms with van der Waals surface area (Å²) in [6, 6.07) is 6.13. The number of hydrogen-bond acceptors (Lipinski definition) is 2. The predicted molar refractivity (Wildman–Crippen MR) is 61.8 cm³/mol. The van der Waals surface area contributed by atoms with Crippen LogP contribution in [-0.4, -0.2) is 11.3 Å². The van der Waals surface area contributed by atoms with Gasteiger partial charge in [0.1, 0.15) is 11.4 Å². The van der Waals surface area contributed by atoms with Crippen molar-refractivity contribution < 1.29 is 13.9 Å². The number of carbonyl (C=O) groups is 1. The summed E-state index contributed by atoms with van der Waals surface area (Å²) >= 11 is 3.38. The number of ether oxygens (including phenoxy) is 1. The van der Waals surface area contributed by atoms with E-state index in [1.807, 2.05) is 0 Å². The summed E-state index contributed by atoms with van der Waals surface area (Å²) in [5, 5.41) is 0.539. The van der Waals surface area contributed by atoms with Crippen LogP contribution < -0.4 is 0 Å². The Morgan fingerprint density at radius 3 is 2.62 bits per heavy atom. The van der Waals surface area contributed by atoms with Crippen LogP contribution in [0.4, 0.5) is 4.39 Å². The summed E-state index contributed by atoms with van der Waals surface area (Å²) in [7, 11) is 0. The second-order valence-corrected chi connectivity index (χ2v) is 4.52. The third kappa shape index (κ3) is 2.12. The van der Waals surface area contributed by atoms with Crippen molar-refractivity contribution >= 4 is 21.9 Å². The first kappa shape index (κ1) is 11.6. The van der Waals surface area contributed by atoms with Crippen molar-refractivity contribution in [1.29, 1.82) is 0 Å². The van der Waals surface area contributed by atoms with Crippen LogP contribution in [0.5, 0.6) is 0 Å². The van der Waals surface area contributed by atoms with Crippen molar-refractivity contribution in [3.8, 4) is 0 Å². The van der Waals surface area contributed by atoms with Crippen LogP contribution in [0.2, 0.25) is 0 Å². The van der Waals surface area contributed by atoms with Crippen molar-refractivity contribution in [2.75, 3.05) is 5.33 Å². The second-order valence-electron chi connectivity index (χ2n) is 3.96. The number of rotatable bonds is 2. The molecular weight excluding hydrogens is 275 g/mol. The monoisotopic (exact) mass is 286 g/mol. The Balaban J connectivity index is 2.33. The highest BCUT2D eigenvalue weighted by atomic mass is 79.9. The van der Waals surface area contributed by atoms with Gasteiger partial charge in [-0.25, -0.2) is 4.39 Å². The molecule has 1 atom stereocenters. The standard InChI is InChI=1S/C12H12BrFO2/c13-8-12(7-1-2-11(15)16-12)9-3-5-10(14)6-4-9/h3-6H,1-2,7-8H2/t12-/m1/s1. The van der Waals surface area contributed by atoms with Gasteiger partial charge in [-0.3, -0.25) is 4.79 Å². The average molecular weight is 287 g/mol. The van der Waals surface area contributed by atoms with Gasteiger partial charge in [0.15, 0.2) is 0 Å². The van der Waals surface area contributed by atoms with Crippen LogP contribution >= 0.6 is 15.9 Å². The topological polar surface area (TPSA) is 26.3 Å². The normalized spacial score (nSPS) is 25.2. The van der Waals surface area contributed by atoms with E-state index in [1.54, 1.807) is 12.1 Å². The maximum Gasteiger partial charge on any atom is 0.306 e. The molecule has 1 fully saturated rings. The minimum atomic E-state index is -0.622. The summed E-state index contributed by atoms with van der Waals surface area (Å²) in [5.41, 5.74) is 0.224. The van der Waals surface area contributed by atoms with Gasteiger partial charge in [0.25, 0.3) is 0 Å². The molecule has 0 aliphatic carbocycles. The van der Waals surface area contributed by atoms with Crippen LogP contribution in [0, 0.1) is 5.82 Å². The first-order chi connectivity index (χ1) is 7.66. The minimum absolute atomic E-state index is 0.185. The molecule has 2 nitrogen and oxygen atoms in total. The van der Waals surface area contributed by atoms with Crippen molar-refractivity contribution in [2.24, 2.45) is 0 Å². The van der Waals surface area contributed by atoms with E-state index in [4.69, 9.17) is 4.74 Å². The highest BCUT2D eigenvalue weighted by molar-refractivity contribution is 9.09. The van der Waals surface area contributed by atoms with E-state index < -0.39 is 5.60 Å². The maximum absolute atomic E-state index is 12.8. The molecule has 1 heterocycles. The highest BCUT2D eigenvalue weighted by Gasteiger charge is 2.38. The van der Waals surface area contributed by atoms with Gasteiger partial charge in [-0.05, 0) is 30.5 Å². The van der Waals surface area contributed by atoms with E-state index in [1.165, 1.54) is 12.1 Å². The predicted octanol–water partition coefficient (Wildman–Crippen LogP) is 3.14. The highest BCUT2D eigenvalue weighted by Crippen LogP contribution is 2.37. The van der Waals surface area contributed by atoms with E-state index >= 15 is 0 Å². The van der Waals surface area contributed by atoms with Gasteiger partial charge in [-0.15, -0.1) is 0 Å². The molecule has 0 N–H and O–H groups in total. The fourth-order valence-electron chi connectivity index (χ4n) is 1.97. The molecule has 0 spiro atoms. The molecule has 0 aromatic heterocycles. The van der Waals surface area contributed by atoms with Crippen LogP contribution in [0.15, 0.2) is 24.3 Å². The molecule has 1 aliphatic rings. The summed E-state index contributed by atoms with van der Waals surface area (Å²) < 4.78 is 18.3. The second kappa shape index (κ2) is 4.53. The first-order valence-electron chi connectivity index (χ1n) is 5.20. The van der Waals surface area contributed by atoms with Gasteiger partial charge in [0.2, 0.25) is 0 Å². The number of benzene rings is 1. The molecule has 1 aromatic rings. The van der Waals surface area contributed by atoms with E-state index in [9.17, 15) is 9.18 Å². The zero-order valence-electron chi connectivity index (χ0n) is 8.71. The zero-order chi connectivity index (χ0) is 11.6. The lowest BCUT2D eigenvalue weighted by Crippen LogP contribution is -2.37. The number of esters is 1. The quantitative estimate of drug-likeness (QED) is 0.617. The van der Waals surface area contributed by atoms with Gasteiger partial charge < -0.3 is 4.74 Å². The lowest BCUT2D eigenvalue weighted by Gasteiger charge is -2.35. The Morgan fingerprint density at radius 1 is 1.38 bits per heavy atom. The summed E-state index contributed by atoms with van der Waals surface area (Å²) in [6.07, 6.45) is 2.05. The van der Waals surface area contributed by atoms with Crippen molar-refractivity contribution in [3.05, 3.63) is 35.6 Å². The smallest absolute Gasteiger partial charge is 0.306 e.